The molecule has 1 nitrogen and oxygen atoms in total. The summed E-state index contributed by atoms with van der Waals surface area (Å²) >= 11 is 1.29. The number of carbonyl (C=O) groups excluding carboxylic acids is 1. The first-order valence-corrected chi connectivity index (χ1v) is 6.07. The number of benzene rings is 1. The first-order valence-electron chi connectivity index (χ1n) is 5.19. The highest BCUT2D eigenvalue weighted by Crippen LogP contribution is 2.29. The van der Waals surface area contributed by atoms with Crippen molar-refractivity contribution in [3.8, 4) is 0 Å². The minimum Gasteiger partial charge on any atom is -0.293 e. The Morgan fingerprint density at radius 3 is 2.56 bits per heavy atom. The number of carbonyl (C=O) groups is 1. The van der Waals surface area contributed by atoms with Crippen LogP contribution in [0.3, 0.4) is 0 Å². The van der Waals surface area contributed by atoms with Crippen LogP contribution in [-0.2, 0) is 12.6 Å². The van der Waals surface area contributed by atoms with Gasteiger partial charge in [-0.05, 0) is 23.1 Å². The quantitative estimate of drug-likeness (QED) is 0.764. The Morgan fingerprint density at radius 2 is 1.94 bits per heavy atom. The molecule has 1 aromatic heterocycles. The lowest BCUT2D eigenvalue weighted by molar-refractivity contribution is -0.137. The fourth-order valence-corrected chi connectivity index (χ4v) is 2.23. The molecule has 0 aliphatic carbocycles. The van der Waals surface area contributed by atoms with Crippen molar-refractivity contribution in [3.63, 3.8) is 0 Å². The zero-order valence-corrected chi connectivity index (χ0v) is 10.0. The highest BCUT2D eigenvalue weighted by molar-refractivity contribution is 7.12. The first kappa shape index (κ1) is 12.8. The van der Waals surface area contributed by atoms with E-state index in [4.69, 9.17) is 0 Å². The lowest BCUT2D eigenvalue weighted by Gasteiger charge is -2.08. The van der Waals surface area contributed by atoms with Gasteiger partial charge in [-0.3, -0.25) is 4.79 Å². The van der Waals surface area contributed by atoms with Gasteiger partial charge < -0.3 is 0 Å². The Hall–Kier alpha value is -1.62. The van der Waals surface area contributed by atoms with Crippen LogP contribution >= 0.6 is 11.3 Å². The van der Waals surface area contributed by atoms with E-state index in [1.165, 1.54) is 23.5 Å². The molecule has 0 amide bonds. The molecule has 0 atom stereocenters. The highest BCUT2D eigenvalue weighted by atomic mass is 32.1. The van der Waals surface area contributed by atoms with Crippen LogP contribution in [-0.4, -0.2) is 5.78 Å². The van der Waals surface area contributed by atoms with Crippen LogP contribution in [0.5, 0.6) is 0 Å². The summed E-state index contributed by atoms with van der Waals surface area (Å²) in [6.07, 6.45) is -4.38. The summed E-state index contributed by atoms with van der Waals surface area (Å²) in [5.74, 6) is -0.163. The van der Waals surface area contributed by atoms with E-state index in [1.807, 2.05) is 0 Å². The molecule has 0 N–H and O–H groups in total. The monoisotopic (exact) mass is 270 g/mol. The smallest absolute Gasteiger partial charge is 0.293 e. The molecule has 94 valence electrons. The van der Waals surface area contributed by atoms with Crippen LogP contribution < -0.4 is 0 Å². The van der Waals surface area contributed by atoms with Crippen molar-refractivity contribution in [2.45, 2.75) is 12.6 Å². The summed E-state index contributed by atoms with van der Waals surface area (Å²) in [4.78, 5) is 12.3. The predicted molar refractivity (Wildman–Crippen MR) is 63.8 cm³/mol. The summed E-state index contributed by atoms with van der Waals surface area (Å²) in [6, 6.07) is 8.27. The third-order valence-corrected chi connectivity index (χ3v) is 3.33. The van der Waals surface area contributed by atoms with Crippen LogP contribution in [0.4, 0.5) is 13.2 Å². The molecule has 0 aliphatic heterocycles. The van der Waals surface area contributed by atoms with E-state index in [-0.39, 0.29) is 12.2 Å². The molecule has 1 heterocycles. The number of thiophene rings is 1. The van der Waals surface area contributed by atoms with Crippen molar-refractivity contribution in [2.75, 3.05) is 0 Å². The van der Waals surface area contributed by atoms with E-state index in [0.29, 0.717) is 10.4 Å². The van der Waals surface area contributed by atoms with Crippen LogP contribution in [0.1, 0.15) is 20.8 Å². The number of hydrogen-bond acceptors (Lipinski definition) is 2. The molecule has 5 heteroatoms. The molecule has 2 rings (SSSR count). The second kappa shape index (κ2) is 4.94. The molecule has 2 aromatic rings. The number of Topliss-reactive ketones (excluding diaryl/α,β-unsaturated/α-hetero) is 1. The van der Waals surface area contributed by atoms with Crippen molar-refractivity contribution in [1.29, 1.82) is 0 Å². The van der Waals surface area contributed by atoms with Gasteiger partial charge >= 0.3 is 6.18 Å². The van der Waals surface area contributed by atoms with E-state index in [2.05, 4.69) is 0 Å². The van der Waals surface area contributed by atoms with E-state index in [9.17, 15) is 18.0 Å². The SMILES string of the molecule is O=C(Cc1cccc(C(F)(F)F)c1)c1cccs1. The van der Waals surface area contributed by atoms with Gasteiger partial charge in [0.15, 0.2) is 5.78 Å². The van der Waals surface area contributed by atoms with Crippen molar-refractivity contribution >= 4 is 17.1 Å². The Bertz CT molecular complexity index is 544. The molecule has 0 fully saturated rings. The van der Waals surface area contributed by atoms with E-state index in [1.54, 1.807) is 17.5 Å². The van der Waals surface area contributed by atoms with Gasteiger partial charge in [0.1, 0.15) is 0 Å². The normalized spacial score (nSPS) is 11.5. The summed E-state index contributed by atoms with van der Waals surface area (Å²) in [6.45, 7) is 0. The molecule has 0 bridgehead atoms. The van der Waals surface area contributed by atoms with Crippen LogP contribution in [0.15, 0.2) is 41.8 Å². The number of rotatable bonds is 3. The predicted octanol–water partition coefficient (Wildman–Crippen LogP) is 4.19. The van der Waals surface area contributed by atoms with Crippen LogP contribution in [0.2, 0.25) is 0 Å². The van der Waals surface area contributed by atoms with Gasteiger partial charge in [-0.1, -0.05) is 24.3 Å². The fourth-order valence-electron chi connectivity index (χ4n) is 1.57. The molecule has 0 spiro atoms. The Kier molecular flexibility index (Phi) is 3.52. The minimum absolute atomic E-state index is 0.00949. The van der Waals surface area contributed by atoms with Gasteiger partial charge in [-0.15, -0.1) is 11.3 Å². The van der Waals surface area contributed by atoms with Crippen molar-refractivity contribution in [3.05, 3.63) is 57.8 Å². The molecular formula is C13H9F3OS. The Morgan fingerprint density at radius 1 is 1.17 bits per heavy atom. The second-order valence-corrected chi connectivity index (χ2v) is 4.72. The molecule has 1 aromatic carbocycles. The summed E-state index contributed by atoms with van der Waals surface area (Å²) in [5.41, 5.74) is -0.345. The largest absolute Gasteiger partial charge is 0.416 e. The molecule has 0 radical (unpaired) electrons. The average Bonchev–Trinajstić information content (AvgIpc) is 2.81. The molecular weight excluding hydrogens is 261 g/mol. The van der Waals surface area contributed by atoms with Crippen molar-refractivity contribution in [1.82, 2.24) is 0 Å². The van der Waals surface area contributed by atoms with Gasteiger partial charge in [-0.2, -0.15) is 13.2 Å². The number of hydrogen-bond donors (Lipinski definition) is 0. The van der Waals surface area contributed by atoms with Gasteiger partial charge in [-0.25, -0.2) is 0 Å². The van der Waals surface area contributed by atoms with Crippen molar-refractivity contribution < 1.29 is 18.0 Å². The van der Waals surface area contributed by atoms with Gasteiger partial charge in [0.2, 0.25) is 0 Å². The maximum atomic E-state index is 12.5. The van der Waals surface area contributed by atoms with Gasteiger partial charge in [0, 0.05) is 6.42 Å². The summed E-state index contributed by atoms with van der Waals surface area (Å²) < 4.78 is 37.5. The number of ketones is 1. The average molecular weight is 270 g/mol. The van der Waals surface area contributed by atoms with Gasteiger partial charge in [0.25, 0.3) is 0 Å². The zero-order valence-electron chi connectivity index (χ0n) is 9.20. The van der Waals surface area contributed by atoms with E-state index < -0.39 is 11.7 Å². The molecule has 0 saturated heterocycles. The Balaban J connectivity index is 2.18. The third kappa shape index (κ3) is 2.98. The maximum Gasteiger partial charge on any atom is 0.416 e. The van der Waals surface area contributed by atoms with Gasteiger partial charge in [0.05, 0.1) is 10.4 Å². The highest BCUT2D eigenvalue weighted by Gasteiger charge is 2.30. The van der Waals surface area contributed by atoms with Crippen molar-refractivity contribution in [2.24, 2.45) is 0 Å². The third-order valence-electron chi connectivity index (χ3n) is 2.41. The fraction of sp³-hybridized carbons (Fsp3) is 0.154. The molecule has 18 heavy (non-hydrogen) atoms. The lowest BCUT2D eigenvalue weighted by Crippen LogP contribution is -2.07. The second-order valence-electron chi connectivity index (χ2n) is 3.78. The first-order chi connectivity index (χ1) is 8.47. The minimum atomic E-state index is -4.37. The van der Waals surface area contributed by atoms with E-state index in [0.717, 1.165) is 12.1 Å². The molecule has 0 unspecified atom stereocenters. The molecule has 0 aliphatic rings. The number of alkyl halides is 3. The number of halogens is 3. The Labute approximate surface area is 106 Å². The zero-order chi connectivity index (χ0) is 13.2. The summed E-state index contributed by atoms with van der Waals surface area (Å²) in [7, 11) is 0. The molecule has 0 saturated carbocycles. The van der Waals surface area contributed by atoms with Crippen LogP contribution in [0.25, 0.3) is 0 Å². The lowest BCUT2D eigenvalue weighted by atomic mass is 10.0. The van der Waals surface area contributed by atoms with E-state index >= 15 is 0 Å². The standard InChI is InChI=1S/C13H9F3OS/c14-13(15,16)10-4-1-3-9(7-10)8-11(17)12-5-2-6-18-12/h1-7H,8H2. The summed E-state index contributed by atoms with van der Waals surface area (Å²) in [5, 5.41) is 1.76. The topological polar surface area (TPSA) is 17.1 Å². The maximum absolute atomic E-state index is 12.5. The van der Waals surface area contributed by atoms with Crippen LogP contribution in [0, 0.1) is 0 Å².